The summed E-state index contributed by atoms with van der Waals surface area (Å²) in [5, 5.41) is 0. The van der Waals surface area contributed by atoms with Crippen molar-refractivity contribution in [3.8, 4) is 0 Å². The average molecular weight is 258 g/mol. The van der Waals surface area contributed by atoms with Crippen molar-refractivity contribution in [2.24, 2.45) is 5.92 Å². The van der Waals surface area contributed by atoms with Gasteiger partial charge in [0.05, 0.1) is 0 Å². The summed E-state index contributed by atoms with van der Waals surface area (Å²) in [6, 6.07) is 2.35. The summed E-state index contributed by atoms with van der Waals surface area (Å²) in [6.07, 6.45) is -2.01. The molecule has 6 heteroatoms. The van der Waals surface area contributed by atoms with Gasteiger partial charge in [-0.2, -0.15) is 13.2 Å². The van der Waals surface area contributed by atoms with Crippen LogP contribution in [-0.2, 0) is 17.4 Å². The first-order chi connectivity index (χ1) is 8.38. The fourth-order valence-electron chi connectivity index (χ4n) is 2.08. The van der Waals surface area contributed by atoms with Crippen LogP contribution in [-0.4, -0.2) is 29.4 Å². The fraction of sp³-hybridized carbons (Fsp3) is 0.500. The molecule has 1 aromatic heterocycles. The third kappa shape index (κ3) is 2.63. The third-order valence-corrected chi connectivity index (χ3v) is 3.14. The molecule has 1 aliphatic rings. The van der Waals surface area contributed by atoms with Gasteiger partial charge in [0, 0.05) is 25.7 Å². The zero-order chi connectivity index (χ0) is 13.3. The lowest BCUT2D eigenvalue weighted by molar-refractivity contribution is -0.141. The minimum atomic E-state index is -4.41. The molecule has 2 heterocycles. The number of likely N-dealkylation sites (tertiary alicyclic amines) is 1. The van der Waals surface area contributed by atoms with E-state index in [0.717, 1.165) is 12.5 Å². The van der Waals surface area contributed by atoms with Gasteiger partial charge in [-0.05, 0) is 24.5 Å². The summed E-state index contributed by atoms with van der Waals surface area (Å²) in [6.45, 7) is 0.706. The first kappa shape index (κ1) is 12.9. The van der Waals surface area contributed by atoms with Gasteiger partial charge in [0.25, 0.3) is 0 Å². The SMILES string of the molecule is CN1CCC(Cc2ccc(C(F)(F)F)nc2)C1=O. The zero-order valence-electron chi connectivity index (χ0n) is 9.87. The Morgan fingerprint density at radius 1 is 1.44 bits per heavy atom. The van der Waals surface area contributed by atoms with E-state index >= 15 is 0 Å². The molecular formula is C12H13F3N2O. The Hall–Kier alpha value is -1.59. The minimum absolute atomic E-state index is 0.0508. The van der Waals surface area contributed by atoms with E-state index in [1.807, 2.05) is 0 Å². The Kier molecular flexibility index (Phi) is 3.28. The molecule has 98 valence electrons. The number of hydrogen-bond donors (Lipinski definition) is 0. The van der Waals surface area contributed by atoms with Gasteiger partial charge < -0.3 is 4.90 Å². The Balaban J connectivity index is 2.05. The van der Waals surface area contributed by atoms with Gasteiger partial charge in [-0.15, -0.1) is 0 Å². The Morgan fingerprint density at radius 2 is 2.17 bits per heavy atom. The highest BCUT2D eigenvalue weighted by atomic mass is 19.4. The molecule has 2 rings (SSSR count). The summed E-state index contributed by atoms with van der Waals surface area (Å²) in [5.41, 5.74) is -0.238. The van der Waals surface area contributed by atoms with Gasteiger partial charge >= 0.3 is 6.18 Å². The summed E-state index contributed by atoms with van der Waals surface area (Å²) >= 11 is 0. The number of amides is 1. The average Bonchev–Trinajstić information content (AvgIpc) is 2.61. The number of hydrogen-bond acceptors (Lipinski definition) is 2. The van der Waals surface area contributed by atoms with E-state index in [9.17, 15) is 18.0 Å². The quantitative estimate of drug-likeness (QED) is 0.814. The van der Waals surface area contributed by atoms with Crippen LogP contribution in [0.25, 0.3) is 0 Å². The molecule has 1 saturated heterocycles. The van der Waals surface area contributed by atoms with Crippen LogP contribution in [0.5, 0.6) is 0 Å². The number of halogens is 3. The third-order valence-electron chi connectivity index (χ3n) is 3.14. The first-order valence-electron chi connectivity index (χ1n) is 5.65. The maximum absolute atomic E-state index is 12.3. The predicted molar refractivity (Wildman–Crippen MR) is 58.7 cm³/mol. The lowest BCUT2D eigenvalue weighted by Gasteiger charge is -2.11. The lowest BCUT2D eigenvalue weighted by Crippen LogP contribution is -2.23. The minimum Gasteiger partial charge on any atom is -0.345 e. The Labute approximate surface area is 103 Å². The van der Waals surface area contributed by atoms with E-state index in [1.165, 1.54) is 12.3 Å². The number of carbonyl (C=O) groups excluding carboxylic acids is 1. The molecular weight excluding hydrogens is 245 g/mol. The molecule has 1 amide bonds. The largest absolute Gasteiger partial charge is 0.433 e. The molecule has 1 aromatic rings. The van der Waals surface area contributed by atoms with Gasteiger partial charge in [-0.3, -0.25) is 9.78 Å². The van der Waals surface area contributed by atoms with E-state index in [2.05, 4.69) is 4.98 Å². The number of pyridine rings is 1. The van der Waals surface area contributed by atoms with Gasteiger partial charge in [0.2, 0.25) is 5.91 Å². The molecule has 0 aromatic carbocycles. The molecule has 0 aliphatic carbocycles. The second-order valence-electron chi connectivity index (χ2n) is 4.50. The number of rotatable bonds is 2. The molecule has 1 aliphatic heterocycles. The summed E-state index contributed by atoms with van der Waals surface area (Å²) in [7, 11) is 1.73. The molecule has 0 spiro atoms. The van der Waals surface area contributed by atoms with Crippen LogP contribution in [0.2, 0.25) is 0 Å². The van der Waals surface area contributed by atoms with Crippen molar-refractivity contribution >= 4 is 5.91 Å². The molecule has 3 nitrogen and oxygen atoms in total. The van der Waals surface area contributed by atoms with Gasteiger partial charge in [0.15, 0.2) is 0 Å². The van der Waals surface area contributed by atoms with Crippen molar-refractivity contribution in [2.75, 3.05) is 13.6 Å². The van der Waals surface area contributed by atoms with E-state index < -0.39 is 11.9 Å². The van der Waals surface area contributed by atoms with Crippen LogP contribution in [0.4, 0.5) is 13.2 Å². The van der Waals surface area contributed by atoms with Crippen LogP contribution in [0.1, 0.15) is 17.7 Å². The van der Waals surface area contributed by atoms with Crippen molar-refractivity contribution < 1.29 is 18.0 Å². The molecule has 0 N–H and O–H groups in total. The van der Waals surface area contributed by atoms with Crippen molar-refractivity contribution in [2.45, 2.75) is 19.0 Å². The number of alkyl halides is 3. The van der Waals surface area contributed by atoms with Crippen LogP contribution in [0, 0.1) is 5.92 Å². The van der Waals surface area contributed by atoms with Crippen LogP contribution < -0.4 is 0 Å². The van der Waals surface area contributed by atoms with Crippen LogP contribution >= 0.6 is 0 Å². The van der Waals surface area contributed by atoms with Crippen LogP contribution in [0.15, 0.2) is 18.3 Å². The highest BCUT2D eigenvalue weighted by molar-refractivity contribution is 5.80. The fourth-order valence-corrected chi connectivity index (χ4v) is 2.08. The second kappa shape index (κ2) is 4.59. The normalized spacial score (nSPS) is 20.6. The van der Waals surface area contributed by atoms with Crippen LogP contribution in [0.3, 0.4) is 0 Å². The number of nitrogens with zero attached hydrogens (tertiary/aromatic N) is 2. The van der Waals surface area contributed by atoms with E-state index in [0.29, 0.717) is 18.5 Å². The summed E-state index contributed by atoms with van der Waals surface area (Å²) in [4.78, 5) is 16.7. The van der Waals surface area contributed by atoms with Gasteiger partial charge in [0.1, 0.15) is 5.69 Å². The predicted octanol–water partition coefficient (Wildman–Crippen LogP) is 2.12. The highest BCUT2D eigenvalue weighted by Crippen LogP contribution is 2.28. The molecule has 1 fully saturated rings. The molecule has 1 atom stereocenters. The van der Waals surface area contributed by atoms with E-state index in [1.54, 1.807) is 11.9 Å². The maximum atomic E-state index is 12.3. The van der Waals surface area contributed by atoms with Gasteiger partial charge in [-0.1, -0.05) is 6.07 Å². The zero-order valence-corrected chi connectivity index (χ0v) is 9.87. The van der Waals surface area contributed by atoms with Crippen molar-refractivity contribution in [1.29, 1.82) is 0 Å². The van der Waals surface area contributed by atoms with Gasteiger partial charge in [-0.25, -0.2) is 0 Å². The topological polar surface area (TPSA) is 33.2 Å². The number of carbonyl (C=O) groups is 1. The molecule has 18 heavy (non-hydrogen) atoms. The molecule has 0 saturated carbocycles. The molecule has 0 bridgehead atoms. The monoisotopic (exact) mass is 258 g/mol. The summed E-state index contributed by atoms with van der Waals surface area (Å²) < 4.78 is 36.9. The summed E-state index contributed by atoms with van der Waals surface area (Å²) in [5.74, 6) is -0.0802. The smallest absolute Gasteiger partial charge is 0.345 e. The maximum Gasteiger partial charge on any atom is 0.433 e. The second-order valence-corrected chi connectivity index (χ2v) is 4.50. The standard InChI is InChI=1S/C12H13F3N2O/c1-17-5-4-9(11(17)18)6-8-2-3-10(16-7-8)12(13,14)15/h2-3,7,9H,4-6H2,1H3. The molecule has 1 unspecified atom stereocenters. The molecule has 0 radical (unpaired) electrons. The van der Waals surface area contributed by atoms with E-state index in [-0.39, 0.29) is 11.8 Å². The van der Waals surface area contributed by atoms with Crippen molar-refractivity contribution in [3.05, 3.63) is 29.6 Å². The Bertz CT molecular complexity index is 442. The highest BCUT2D eigenvalue weighted by Gasteiger charge is 2.33. The first-order valence-corrected chi connectivity index (χ1v) is 5.65. The lowest BCUT2D eigenvalue weighted by atomic mass is 9.99. The van der Waals surface area contributed by atoms with E-state index in [4.69, 9.17) is 0 Å². The van der Waals surface area contributed by atoms with Crippen molar-refractivity contribution in [1.82, 2.24) is 9.88 Å². The Morgan fingerprint density at radius 3 is 2.61 bits per heavy atom. The van der Waals surface area contributed by atoms with Crippen molar-refractivity contribution in [3.63, 3.8) is 0 Å². The number of aromatic nitrogens is 1.